The van der Waals surface area contributed by atoms with Crippen molar-refractivity contribution < 1.29 is 13.9 Å². The van der Waals surface area contributed by atoms with Crippen LogP contribution < -0.4 is 10.1 Å². The summed E-state index contributed by atoms with van der Waals surface area (Å²) in [5.41, 5.74) is 3.06. The number of carbonyl (C=O) groups excluding carboxylic acids is 1. The second-order valence-corrected chi connectivity index (χ2v) is 9.88. The molecule has 0 spiro atoms. The summed E-state index contributed by atoms with van der Waals surface area (Å²) < 4.78 is 20.8. The first kappa shape index (κ1) is 21.9. The van der Waals surface area contributed by atoms with E-state index in [1.54, 1.807) is 0 Å². The number of hydrogen-bond donors (Lipinski definition) is 1. The molecule has 1 unspecified atom stereocenters. The minimum absolute atomic E-state index is 0.161. The van der Waals surface area contributed by atoms with E-state index in [1.807, 2.05) is 49.4 Å². The summed E-state index contributed by atoms with van der Waals surface area (Å²) in [4.78, 5) is 14.4. The van der Waals surface area contributed by atoms with E-state index < -0.39 is 11.6 Å². The van der Waals surface area contributed by atoms with Gasteiger partial charge in [-0.05, 0) is 72.9 Å². The van der Waals surface area contributed by atoms with Gasteiger partial charge in [-0.1, -0.05) is 30.3 Å². The SMILES string of the molecule is C[C@H](NC(=O)C1(C#N)CC1)c1ccc(CN2Cc3ccc(OCC4CC4)cc3C(F)C2)cc1. The van der Waals surface area contributed by atoms with Crippen LogP contribution in [0.5, 0.6) is 5.75 Å². The van der Waals surface area contributed by atoms with Gasteiger partial charge in [-0.25, -0.2) is 4.39 Å². The van der Waals surface area contributed by atoms with Gasteiger partial charge in [0.2, 0.25) is 5.91 Å². The molecule has 0 saturated heterocycles. The lowest BCUT2D eigenvalue weighted by Gasteiger charge is -2.31. The number of nitrogens with one attached hydrogen (secondary N) is 1. The first-order valence-electron chi connectivity index (χ1n) is 11.9. The Labute approximate surface area is 194 Å². The fourth-order valence-corrected chi connectivity index (χ4v) is 4.45. The highest BCUT2D eigenvalue weighted by molar-refractivity contribution is 5.88. The predicted molar refractivity (Wildman–Crippen MR) is 123 cm³/mol. The predicted octanol–water partition coefficient (Wildman–Crippen LogP) is 4.98. The van der Waals surface area contributed by atoms with Crippen LogP contribution in [0.3, 0.4) is 0 Å². The van der Waals surface area contributed by atoms with Crippen molar-refractivity contribution in [2.24, 2.45) is 11.3 Å². The standard InChI is InChI=1S/C27H30FN3O2/c1-18(30-26(32)27(17-29)10-11-27)21-6-4-19(5-7-21)13-31-14-22-8-9-23(33-16-20-2-3-20)12-24(22)25(28)15-31/h4-9,12,18,20,25H,2-3,10-11,13-16H2,1H3,(H,30,32)/t18-,25?/m0/s1. The Morgan fingerprint density at radius 3 is 2.70 bits per heavy atom. The van der Waals surface area contributed by atoms with E-state index in [2.05, 4.69) is 16.3 Å². The van der Waals surface area contributed by atoms with E-state index in [1.165, 1.54) is 12.8 Å². The number of ether oxygens (including phenoxy) is 1. The zero-order chi connectivity index (χ0) is 23.0. The van der Waals surface area contributed by atoms with Gasteiger partial charge in [0.25, 0.3) is 0 Å². The summed E-state index contributed by atoms with van der Waals surface area (Å²) in [5, 5.41) is 12.2. The van der Waals surface area contributed by atoms with Gasteiger partial charge < -0.3 is 10.1 Å². The first-order chi connectivity index (χ1) is 16.0. The second-order valence-electron chi connectivity index (χ2n) is 9.88. The van der Waals surface area contributed by atoms with E-state index in [0.29, 0.717) is 38.4 Å². The van der Waals surface area contributed by atoms with Crippen molar-refractivity contribution >= 4 is 5.91 Å². The topological polar surface area (TPSA) is 65.4 Å². The van der Waals surface area contributed by atoms with Crippen molar-refractivity contribution in [1.82, 2.24) is 10.2 Å². The molecule has 0 bridgehead atoms. The highest BCUT2D eigenvalue weighted by Gasteiger charge is 2.50. The Morgan fingerprint density at radius 2 is 2.03 bits per heavy atom. The van der Waals surface area contributed by atoms with Crippen molar-refractivity contribution in [3.63, 3.8) is 0 Å². The Balaban J connectivity index is 1.18. The molecule has 172 valence electrons. The molecule has 6 heteroatoms. The molecule has 1 aliphatic heterocycles. The molecule has 3 aliphatic rings. The molecule has 2 saturated carbocycles. The van der Waals surface area contributed by atoms with Gasteiger partial charge >= 0.3 is 0 Å². The van der Waals surface area contributed by atoms with Crippen LogP contribution in [-0.4, -0.2) is 24.0 Å². The number of benzene rings is 2. The molecule has 2 atom stereocenters. The van der Waals surface area contributed by atoms with Gasteiger partial charge in [0.1, 0.15) is 17.3 Å². The third kappa shape index (κ3) is 4.89. The Hall–Kier alpha value is -2.91. The molecule has 2 fully saturated rings. The monoisotopic (exact) mass is 447 g/mol. The van der Waals surface area contributed by atoms with Gasteiger partial charge in [0, 0.05) is 19.6 Å². The summed E-state index contributed by atoms with van der Waals surface area (Å²) >= 11 is 0. The molecule has 1 heterocycles. The lowest BCUT2D eigenvalue weighted by atomic mass is 9.97. The molecule has 2 aliphatic carbocycles. The smallest absolute Gasteiger partial charge is 0.240 e. The van der Waals surface area contributed by atoms with Crippen LogP contribution >= 0.6 is 0 Å². The van der Waals surface area contributed by atoms with Gasteiger partial charge in [-0.3, -0.25) is 9.69 Å². The van der Waals surface area contributed by atoms with E-state index in [0.717, 1.165) is 34.6 Å². The molecule has 5 nitrogen and oxygen atoms in total. The minimum Gasteiger partial charge on any atom is -0.493 e. The van der Waals surface area contributed by atoms with E-state index >= 15 is 0 Å². The average molecular weight is 448 g/mol. The number of amides is 1. The molecule has 0 radical (unpaired) electrons. The third-order valence-corrected chi connectivity index (χ3v) is 7.08. The lowest BCUT2D eigenvalue weighted by molar-refractivity contribution is -0.125. The summed E-state index contributed by atoms with van der Waals surface area (Å²) in [6.45, 7) is 4.41. The number of halogens is 1. The lowest BCUT2D eigenvalue weighted by Crippen LogP contribution is -2.33. The highest BCUT2D eigenvalue weighted by Crippen LogP contribution is 2.45. The van der Waals surface area contributed by atoms with Crippen LogP contribution in [0.25, 0.3) is 0 Å². The first-order valence-corrected chi connectivity index (χ1v) is 11.9. The highest BCUT2D eigenvalue weighted by atomic mass is 19.1. The van der Waals surface area contributed by atoms with Crippen LogP contribution in [0.1, 0.15) is 67.1 Å². The quantitative estimate of drug-likeness (QED) is 0.620. The van der Waals surface area contributed by atoms with Crippen LogP contribution in [0, 0.1) is 22.7 Å². The summed E-state index contributed by atoms with van der Waals surface area (Å²) in [6, 6.07) is 15.9. The number of fused-ring (bicyclic) bond motifs is 1. The largest absolute Gasteiger partial charge is 0.493 e. The zero-order valence-corrected chi connectivity index (χ0v) is 19.0. The fraction of sp³-hybridized carbons (Fsp3) is 0.481. The molecule has 0 aromatic heterocycles. The molecule has 1 amide bonds. The minimum atomic E-state index is -1.03. The fourth-order valence-electron chi connectivity index (χ4n) is 4.45. The summed E-state index contributed by atoms with van der Waals surface area (Å²) in [7, 11) is 0. The zero-order valence-electron chi connectivity index (χ0n) is 19.0. The third-order valence-electron chi connectivity index (χ3n) is 7.08. The van der Waals surface area contributed by atoms with Gasteiger partial charge in [-0.2, -0.15) is 5.26 Å². The maximum atomic E-state index is 15.0. The van der Waals surface area contributed by atoms with E-state index in [9.17, 15) is 14.4 Å². The Kier molecular flexibility index (Phi) is 5.84. The van der Waals surface area contributed by atoms with E-state index in [4.69, 9.17) is 4.74 Å². The van der Waals surface area contributed by atoms with Crippen LogP contribution in [0.2, 0.25) is 0 Å². The maximum absolute atomic E-state index is 15.0. The number of rotatable bonds is 8. The van der Waals surface area contributed by atoms with Crippen molar-refractivity contribution in [3.05, 3.63) is 64.7 Å². The second kappa shape index (κ2) is 8.79. The number of carbonyl (C=O) groups is 1. The number of hydrogen-bond acceptors (Lipinski definition) is 4. The van der Waals surface area contributed by atoms with Gasteiger partial charge in [-0.15, -0.1) is 0 Å². The normalized spacial score (nSPS) is 22.0. The van der Waals surface area contributed by atoms with Gasteiger partial charge in [0.15, 0.2) is 0 Å². The average Bonchev–Trinajstić information content (AvgIpc) is 3.73. The number of nitriles is 1. The summed E-state index contributed by atoms with van der Waals surface area (Å²) in [6.07, 6.45) is 2.74. The number of nitrogens with zero attached hydrogens (tertiary/aromatic N) is 2. The molecular weight excluding hydrogens is 417 g/mol. The molecule has 33 heavy (non-hydrogen) atoms. The van der Waals surface area contributed by atoms with Crippen LogP contribution in [0.15, 0.2) is 42.5 Å². The molecule has 1 N–H and O–H groups in total. The van der Waals surface area contributed by atoms with Crippen molar-refractivity contribution in [1.29, 1.82) is 5.26 Å². The number of alkyl halides is 1. The van der Waals surface area contributed by atoms with E-state index in [-0.39, 0.29) is 11.9 Å². The van der Waals surface area contributed by atoms with Crippen LogP contribution in [-0.2, 0) is 17.9 Å². The van der Waals surface area contributed by atoms with Crippen molar-refractivity contribution in [2.45, 2.75) is 57.9 Å². The molecular formula is C27H30FN3O2. The Morgan fingerprint density at radius 1 is 1.27 bits per heavy atom. The Bertz CT molecular complexity index is 1070. The molecule has 2 aromatic rings. The van der Waals surface area contributed by atoms with Crippen LogP contribution in [0.4, 0.5) is 4.39 Å². The van der Waals surface area contributed by atoms with Crippen molar-refractivity contribution in [3.8, 4) is 11.8 Å². The maximum Gasteiger partial charge on any atom is 0.240 e. The van der Waals surface area contributed by atoms with Gasteiger partial charge in [0.05, 0.1) is 18.7 Å². The summed E-state index contributed by atoms with van der Waals surface area (Å²) in [5.74, 6) is 1.27. The van der Waals surface area contributed by atoms with Crippen molar-refractivity contribution in [2.75, 3.05) is 13.2 Å². The molecule has 5 rings (SSSR count). The molecule has 2 aromatic carbocycles.